The third kappa shape index (κ3) is 3.04. The first-order valence-electron chi connectivity index (χ1n) is 5.68. The van der Waals surface area contributed by atoms with Gasteiger partial charge in [-0.2, -0.15) is 0 Å². The first kappa shape index (κ1) is 12.9. The summed E-state index contributed by atoms with van der Waals surface area (Å²) in [5.74, 6) is 0.266. The predicted molar refractivity (Wildman–Crippen MR) is 69.1 cm³/mol. The van der Waals surface area contributed by atoms with E-state index in [0.29, 0.717) is 12.3 Å². The average Bonchev–Trinajstić information content (AvgIpc) is 2.88. The van der Waals surface area contributed by atoms with Crippen LogP contribution in [0.15, 0.2) is 39.7 Å². The van der Waals surface area contributed by atoms with Crippen LogP contribution >= 0.6 is 0 Å². The molecule has 2 aromatic heterocycles. The number of aryl methyl sites for hydroxylation is 1. The van der Waals surface area contributed by atoms with E-state index < -0.39 is 5.97 Å². The Morgan fingerprint density at radius 3 is 2.84 bits per heavy atom. The third-order valence-corrected chi connectivity index (χ3v) is 2.60. The van der Waals surface area contributed by atoms with Crippen LogP contribution in [0.3, 0.4) is 0 Å². The molecule has 2 aromatic rings. The zero-order valence-corrected chi connectivity index (χ0v) is 10.7. The molecule has 0 bridgehead atoms. The first-order valence-corrected chi connectivity index (χ1v) is 5.68. The molecule has 0 saturated heterocycles. The van der Waals surface area contributed by atoms with Gasteiger partial charge in [-0.15, -0.1) is 0 Å². The topological polar surface area (TPSA) is 73.5 Å². The maximum Gasteiger partial charge on any atom is 0.373 e. The molecule has 2 heterocycles. The first-order chi connectivity index (χ1) is 9.10. The Kier molecular flexibility index (Phi) is 3.70. The highest BCUT2D eigenvalue weighted by Crippen LogP contribution is 2.11. The summed E-state index contributed by atoms with van der Waals surface area (Å²) >= 11 is 0. The summed E-state index contributed by atoms with van der Waals surface area (Å²) in [5, 5.41) is 3.09. The van der Waals surface area contributed by atoms with Crippen LogP contribution in [-0.4, -0.2) is 17.6 Å². The molecule has 0 saturated carbocycles. The van der Waals surface area contributed by atoms with Crippen molar-refractivity contribution in [3.63, 3.8) is 0 Å². The summed E-state index contributed by atoms with van der Waals surface area (Å²) in [7, 11) is 2.98. The van der Waals surface area contributed by atoms with E-state index in [-0.39, 0.29) is 11.3 Å². The van der Waals surface area contributed by atoms with Crippen LogP contribution in [0, 0.1) is 0 Å². The van der Waals surface area contributed by atoms with Gasteiger partial charge in [-0.3, -0.25) is 4.79 Å². The van der Waals surface area contributed by atoms with Crippen LogP contribution in [0.1, 0.15) is 16.3 Å². The van der Waals surface area contributed by atoms with Crippen LogP contribution in [0.5, 0.6) is 0 Å². The summed E-state index contributed by atoms with van der Waals surface area (Å²) in [5.41, 5.74) is 0.717. The number of pyridine rings is 1. The summed E-state index contributed by atoms with van der Waals surface area (Å²) in [4.78, 5) is 22.4. The lowest BCUT2D eigenvalue weighted by molar-refractivity contribution is 0.0563. The molecular formula is C13H14N2O4. The number of hydrogen-bond acceptors (Lipinski definition) is 5. The third-order valence-electron chi connectivity index (χ3n) is 2.60. The van der Waals surface area contributed by atoms with Crippen LogP contribution in [-0.2, 0) is 18.3 Å². The van der Waals surface area contributed by atoms with Crippen molar-refractivity contribution < 1.29 is 13.9 Å². The van der Waals surface area contributed by atoms with Gasteiger partial charge in [0.2, 0.25) is 11.3 Å². The molecular weight excluding hydrogens is 248 g/mol. The number of rotatable bonds is 4. The normalized spacial score (nSPS) is 10.2. The molecule has 0 fully saturated rings. The molecule has 2 rings (SSSR count). The quantitative estimate of drug-likeness (QED) is 0.842. The van der Waals surface area contributed by atoms with Crippen molar-refractivity contribution in [3.05, 3.63) is 52.3 Å². The second kappa shape index (κ2) is 5.43. The lowest BCUT2D eigenvalue weighted by atomic mass is 10.3. The number of carbonyl (C=O) groups excluding carboxylic acids is 1. The highest BCUT2D eigenvalue weighted by molar-refractivity contribution is 5.86. The Labute approximate surface area is 109 Å². The number of nitrogens with zero attached hydrogens (tertiary/aromatic N) is 1. The molecule has 0 unspecified atom stereocenters. The molecule has 0 aromatic carbocycles. The fraction of sp³-hybridized carbons (Fsp3) is 0.231. The number of aromatic nitrogens is 1. The van der Waals surface area contributed by atoms with E-state index in [1.54, 1.807) is 31.4 Å². The van der Waals surface area contributed by atoms with Gasteiger partial charge >= 0.3 is 5.97 Å². The molecule has 0 atom stereocenters. The molecule has 0 radical (unpaired) electrons. The van der Waals surface area contributed by atoms with Crippen molar-refractivity contribution in [2.24, 2.45) is 7.05 Å². The number of ether oxygens (including phenoxy) is 1. The highest BCUT2D eigenvalue weighted by atomic mass is 16.5. The molecule has 0 amide bonds. The maximum atomic E-state index is 11.2. The summed E-state index contributed by atoms with van der Waals surface area (Å²) < 4.78 is 11.3. The number of esters is 1. The minimum atomic E-state index is -0.506. The van der Waals surface area contributed by atoms with Gasteiger partial charge in [0.15, 0.2) is 0 Å². The number of hydrogen-bond donors (Lipinski definition) is 1. The van der Waals surface area contributed by atoms with Crippen molar-refractivity contribution >= 4 is 11.7 Å². The Morgan fingerprint density at radius 2 is 2.16 bits per heavy atom. The molecule has 100 valence electrons. The molecule has 6 nitrogen and oxygen atoms in total. The molecule has 0 aliphatic heterocycles. The van der Waals surface area contributed by atoms with Crippen LogP contribution < -0.4 is 10.9 Å². The molecule has 6 heteroatoms. The van der Waals surface area contributed by atoms with Gasteiger partial charge in [0.05, 0.1) is 19.3 Å². The zero-order valence-electron chi connectivity index (χ0n) is 10.7. The standard InChI is InChI=1S/C13H14N2O4/c1-15-8-9(3-6-12(15)16)14-7-10-4-5-11(19-10)13(17)18-2/h3-6,8,14H,7H2,1-2H3. The van der Waals surface area contributed by atoms with E-state index in [4.69, 9.17) is 4.42 Å². The van der Waals surface area contributed by atoms with Crippen LogP contribution in [0.4, 0.5) is 5.69 Å². The lowest BCUT2D eigenvalue weighted by Gasteiger charge is -2.05. The molecule has 1 N–H and O–H groups in total. The van der Waals surface area contributed by atoms with Crippen molar-refractivity contribution in [2.45, 2.75) is 6.54 Å². The summed E-state index contributed by atoms with van der Waals surface area (Å²) in [6.07, 6.45) is 1.69. The highest BCUT2D eigenvalue weighted by Gasteiger charge is 2.10. The molecule has 0 spiro atoms. The fourth-order valence-electron chi connectivity index (χ4n) is 1.57. The van der Waals surface area contributed by atoms with Gasteiger partial charge in [-0.05, 0) is 18.2 Å². The van der Waals surface area contributed by atoms with Crippen molar-refractivity contribution in [2.75, 3.05) is 12.4 Å². The second-order valence-corrected chi connectivity index (χ2v) is 3.98. The van der Waals surface area contributed by atoms with E-state index in [1.807, 2.05) is 0 Å². The van der Waals surface area contributed by atoms with Crippen LogP contribution in [0.2, 0.25) is 0 Å². The number of furan rings is 1. The Bertz CT molecular complexity index is 642. The van der Waals surface area contributed by atoms with Gasteiger partial charge in [-0.25, -0.2) is 4.79 Å². The second-order valence-electron chi connectivity index (χ2n) is 3.98. The van der Waals surface area contributed by atoms with Crippen molar-refractivity contribution in [3.8, 4) is 0 Å². The average molecular weight is 262 g/mol. The summed E-state index contributed by atoms with van der Waals surface area (Å²) in [6.45, 7) is 0.412. The van der Waals surface area contributed by atoms with E-state index in [9.17, 15) is 9.59 Å². The predicted octanol–water partition coefficient (Wildman–Crippen LogP) is 1.38. The maximum absolute atomic E-state index is 11.2. The zero-order chi connectivity index (χ0) is 13.8. The van der Waals surface area contributed by atoms with Gasteiger partial charge in [0.25, 0.3) is 0 Å². The summed E-state index contributed by atoms with van der Waals surface area (Å²) in [6, 6.07) is 6.42. The van der Waals surface area contributed by atoms with E-state index in [1.165, 1.54) is 17.7 Å². The van der Waals surface area contributed by atoms with E-state index >= 15 is 0 Å². The number of anilines is 1. The fourth-order valence-corrected chi connectivity index (χ4v) is 1.57. The largest absolute Gasteiger partial charge is 0.463 e. The van der Waals surface area contributed by atoms with Crippen LogP contribution in [0.25, 0.3) is 0 Å². The molecule has 0 aliphatic carbocycles. The van der Waals surface area contributed by atoms with Gasteiger partial charge in [0, 0.05) is 19.3 Å². The van der Waals surface area contributed by atoms with Gasteiger partial charge in [0.1, 0.15) is 5.76 Å². The van der Waals surface area contributed by atoms with Crippen molar-refractivity contribution in [1.29, 1.82) is 0 Å². The minimum absolute atomic E-state index is 0.0727. The van der Waals surface area contributed by atoms with E-state index in [2.05, 4.69) is 10.1 Å². The Morgan fingerprint density at radius 1 is 1.37 bits per heavy atom. The SMILES string of the molecule is COC(=O)c1ccc(CNc2ccc(=O)n(C)c2)o1. The number of nitrogens with one attached hydrogen (secondary N) is 1. The monoisotopic (exact) mass is 262 g/mol. The van der Waals surface area contributed by atoms with Crippen molar-refractivity contribution in [1.82, 2.24) is 4.57 Å². The number of carbonyl (C=O) groups is 1. The molecule has 0 aliphatic rings. The van der Waals surface area contributed by atoms with Gasteiger partial charge in [-0.1, -0.05) is 0 Å². The smallest absolute Gasteiger partial charge is 0.373 e. The minimum Gasteiger partial charge on any atom is -0.463 e. The molecule has 19 heavy (non-hydrogen) atoms. The Hall–Kier alpha value is -2.50. The number of methoxy groups -OCH3 is 1. The lowest BCUT2D eigenvalue weighted by Crippen LogP contribution is -2.15. The van der Waals surface area contributed by atoms with E-state index in [0.717, 1.165) is 5.69 Å². The van der Waals surface area contributed by atoms with Gasteiger partial charge < -0.3 is 19.0 Å². The Balaban J connectivity index is 2.02.